The second-order valence-corrected chi connectivity index (χ2v) is 8.82. The standard InChI is InChI=1S/C24H31F2N5O/c1-3-30-11-8-19(9-12-30)29-23(32)18-13-24(25,26)16-31(15-18)21-7-6-17(14-27-2)22-20(21)5-4-10-28-22/h4-7,10,14,18-19H,3,8-9,11-13,15-16H2,1-2H3,(H,29,32)/b27-14-. The molecule has 3 heterocycles. The van der Waals surface area contributed by atoms with Crippen molar-refractivity contribution in [2.24, 2.45) is 10.9 Å². The molecule has 1 amide bonds. The van der Waals surface area contributed by atoms with Gasteiger partial charge in [0, 0.05) is 68.2 Å². The number of nitrogens with one attached hydrogen (secondary N) is 1. The van der Waals surface area contributed by atoms with Gasteiger partial charge in [-0.2, -0.15) is 0 Å². The summed E-state index contributed by atoms with van der Waals surface area (Å²) in [4.78, 5) is 25.5. The summed E-state index contributed by atoms with van der Waals surface area (Å²) in [6, 6.07) is 7.42. The summed E-state index contributed by atoms with van der Waals surface area (Å²) in [6.45, 7) is 4.84. The maximum Gasteiger partial charge on any atom is 0.266 e. The SMILES string of the molecule is CCN1CCC(NC(=O)C2CN(c3ccc(/C=N\C)c4ncccc34)CC(F)(F)C2)CC1. The number of hydrogen-bond acceptors (Lipinski definition) is 5. The van der Waals surface area contributed by atoms with Gasteiger partial charge in [0.15, 0.2) is 0 Å². The van der Waals surface area contributed by atoms with Crippen LogP contribution in [-0.4, -0.2) is 73.7 Å². The van der Waals surface area contributed by atoms with E-state index in [2.05, 4.69) is 27.1 Å². The summed E-state index contributed by atoms with van der Waals surface area (Å²) in [6.07, 6.45) is 4.71. The van der Waals surface area contributed by atoms with Crippen molar-refractivity contribution < 1.29 is 13.6 Å². The number of rotatable bonds is 5. The van der Waals surface area contributed by atoms with Crippen LogP contribution in [0.2, 0.25) is 0 Å². The first-order valence-corrected chi connectivity index (χ1v) is 11.4. The van der Waals surface area contributed by atoms with E-state index in [9.17, 15) is 13.6 Å². The molecule has 2 fully saturated rings. The summed E-state index contributed by atoms with van der Waals surface area (Å²) in [5.74, 6) is -3.96. The van der Waals surface area contributed by atoms with Crippen LogP contribution in [0.3, 0.4) is 0 Å². The summed E-state index contributed by atoms with van der Waals surface area (Å²) in [7, 11) is 1.68. The molecule has 2 aliphatic heterocycles. The number of aromatic nitrogens is 1. The number of aliphatic imine (C=N–C) groups is 1. The van der Waals surface area contributed by atoms with E-state index >= 15 is 0 Å². The number of fused-ring (bicyclic) bond motifs is 1. The van der Waals surface area contributed by atoms with E-state index in [1.54, 1.807) is 30.4 Å². The highest BCUT2D eigenvalue weighted by Crippen LogP contribution is 2.36. The van der Waals surface area contributed by atoms with Crippen LogP contribution in [0.4, 0.5) is 14.5 Å². The molecule has 6 nitrogen and oxygen atoms in total. The lowest BCUT2D eigenvalue weighted by atomic mass is 9.92. The second-order valence-electron chi connectivity index (χ2n) is 8.82. The van der Waals surface area contributed by atoms with Crippen LogP contribution < -0.4 is 10.2 Å². The molecular weight excluding hydrogens is 412 g/mol. The van der Waals surface area contributed by atoms with E-state index in [4.69, 9.17) is 0 Å². The first-order chi connectivity index (χ1) is 15.4. The van der Waals surface area contributed by atoms with Gasteiger partial charge < -0.3 is 15.1 Å². The molecule has 0 aliphatic carbocycles. The third-order valence-electron chi connectivity index (χ3n) is 6.55. The molecule has 1 aromatic carbocycles. The van der Waals surface area contributed by atoms with Gasteiger partial charge in [0.25, 0.3) is 5.92 Å². The lowest BCUT2D eigenvalue weighted by molar-refractivity contribution is -0.130. The average molecular weight is 444 g/mol. The van der Waals surface area contributed by atoms with Crippen LogP contribution in [0.15, 0.2) is 35.5 Å². The minimum absolute atomic E-state index is 0.0620. The topological polar surface area (TPSA) is 60.8 Å². The molecule has 1 N–H and O–H groups in total. The second kappa shape index (κ2) is 9.48. The zero-order valence-corrected chi connectivity index (χ0v) is 18.7. The van der Waals surface area contributed by atoms with Crippen molar-refractivity contribution in [3.8, 4) is 0 Å². The molecule has 1 atom stereocenters. The van der Waals surface area contributed by atoms with Crippen LogP contribution in [0.5, 0.6) is 0 Å². The molecule has 0 bridgehead atoms. The molecule has 2 aliphatic rings. The molecule has 0 radical (unpaired) electrons. The van der Waals surface area contributed by atoms with Crippen LogP contribution in [0.1, 0.15) is 31.7 Å². The Balaban J connectivity index is 1.54. The minimum Gasteiger partial charge on any atom is -0.364 e. The number of carbonyl (C=O) groups excluding carboxylic acids is 1. The average Bonchev–Trinajstić information content (AvgIpc) is 2.79. The van der Waals surface area contributed by atoms with Crippen molar-refractivity contribution in [2.45, 2.75) is 38.2 Å². The van der Waals surface area contributed by atoms with Gasteiger partial charge >= 0.3 is 0 Å². The number of nitrogens with zero attached hydrogens (tertiary/aromatic N) is 4. The van der Waals surface area contributed by atoms with E-state index < -0.39 is 24.8 Å². The highest BCUT2D eigenvalue weighted by molar-refractivity contribution is 6.03. The number of amides is 1. The fourth-order valence-corrected chi connectivity index (χ4v) is 4.87. The number of likely N-dealkylation sites (tertiary alicyclic amines) is 1. The minimum atomic E-state index is -2.94. The molecule has 32 heavy (non-hydrogen) atoms. The number of hydrogen-bond donors (Lipinski definition) is 1. The monoisotopic (exact) mass is 443 g/mol. The van der Waals surface area contributed by atoms with Crippen molar-refractivity contribution in [2.75, 3.05) is 44.7 Å². The lowest BCUT2D eigenvalue weighted by Gasteiger charge is -2.39. The van der Waals surface area contributed by atoms with Gasteiger partial charge in [0.1, 0.15) is 0 Å². The third-order valence-corrected chi connectivity index (χ3v) is 6.55. The van der Waals surface area contributed by atoms with E-state index in [-0.39, 0.29) is 18.5 Å². The maximum absolute atomic E-state index is 14.8. The van der Waals surface area contributed by atoms with E-state index in [0.29, 0.717) is 11.2 Å². The molecule has 4 rings (SSSR count). The molecular formula is C24H31F2N5O. The van der Waals surface area contributed by atoms with Crippen molar-refractivity contribution in [3.05, 3.63) is 36.0 Å². The van der Waals surface area contributed by atoms with Crippen molar-refractivity contribution in [1.82, 2.24) is 15.2 Å². The van der Waals surface area contributed by atoms with Crippen LogP contribution >= 0.6 is 0 Å². The van der Waals surface area contributed by atoms with Crippen molar-refractivity contribution in [3.63, 3.8) is 0 Å². The van der Waals surface area contributed by atoms with Crippen molar-refractivity contribution >= 4 is 28.7 Å². The quantitative estimate of drug-likeness (QED) is 0.720. The Bertz CT molecular complexity index is 988. The fourth-order valence-electron chi connectivity index (χ4n) is 4.87. The molecule has 2 saturated heterocycles. The number of anilines is 1. The number of carbonyl (C=O) groups is 1. The number of benzene rings is 1. The summed E-state index contributed by atoms with van der Waals surface area (Å²) >= 11 is 0. The largest absolute Gasteiger partial charge is 0.364 e. The first-order valence-electron chi connectivity index (χ1n) is 11.4. The molecule has 2 aromatic rings. The van der Waals surface area contributed by atoms with Gasteiger partial charge in [-0.15, -0.1) is 0 Å². The first kappa shape index (κ1) is 22.6. The zero-order valence-electron chi connectivity index (χ0n) is 18.7. The Labute approximate surface area is 187 Å². The predicted molar refractivity (Wildman–Crippen MR) is 124 cm³/mol. The number of pyridine rings is 1. The highest BCUT2D eigenvalue weighted by Gasteiger charge is 2.43. The number of piperidine rings is 2. The predicted octanol–water partition coefficient (Wildman–Crippen LogP) is 3.35. The summed E-state index contributed by atoms with van der Waals surface area (Å²) in [5.41, 5.74) is 2.23. The third kappa shape index (κ3) is 4.90. The fraction of sp³-hybridized carbons (Fsp3) is 0.542. The van der Waals surface area contributed by atoms with E-state index in [1.807, 2.05) is 18.2 Å². The number of alkyl halides is 2. The Morgan fingerprint density at radius 3 is 2.81 bits per heavy atom. The number of halogens is 2. The Morgan fingerprint density at radius 1 is 1.31 bits per heavy atom. The van der Waals surface area contributed by atoms with Gasteiger partial charge in [-0.25, -0.2) is 8.78 Å². The van der Waals surface area contributed by atoms with Crippen LogP contribution in [-0.2, 0) is 4.79 Å². The van der Waals surface area contributed by atoms with Crippen LogP contribution in [0.25, 0.3) is 10.9 Å². The highest BCUT2D eigenvalue weighted by atomic mass is 19.3. The molecule has 0 saturated carbocycles. The normalized spacial score (nSPS) is 22.5. The molecule has 1 unspecified atom stereocenters. The molecule has 8 heteroatoms. The van der Waals surface area contributed by atoms with Gasteiger partial charge in [0.05, 0.1) is 18.0 Å². The maximum atomic E-state index is 14.8. The van der Waals surface area contributed by atoms with Gasteiger partial charge in [-0.05, 0) is 43.7 Å². The summed E-state index contributed by atoms with van der Waals surface area (Å²) < 4.78 is 29.5. The molecule has 1 aromatic heterocycles. The van der Waals surface area contributed by atoms with E-state index in [1.165, 1.54) is 0 Å². The van der Waals surface area contributed by atoms with Gasteiger partial charge in [-0.3, -0.25) is 14.8 Å². The van der Waals surface area contributed by atoms with Gasteiger partial charge in [-0.1, -0.05) is 6.92 Å². The summed E-state index contributed by atoms with van der Waals surface area (Å²) in [5, 5.41) is 3.84. The lowest BCUT2D eigenvalue weighted by Crippen LogP contribution is -2.53. The molecule has 172 valence electrons. The van der Waals surface area contributed by atoms with Crippen molar-refractivity contribution in [1.29, 1.82) is 0 Å². The van der Waals surface area contributed by atoms with Gasteiger partial charge in [0.2, 0.25) is 5.91 Å². The van der Waals surface area contributed by atoms with Crippen LogP contribution in [0, 0.1) is 5.92 Å². The van der Waals surface area contributed by atoms with E-state index in [0.717, 1.165) is 43.4 Å². The zero-order chi connectivity index (χ0) is 22.7. The molecule has 0 spiro atoms. The Kier molecular flexibility index (Phi) is 6.69. The Hall–Kier alpha value is -2.61. The smallest absolute Gasteiger partial charge is 0.266 e. The Morgan fingerprint density at radius 2 is 2.09 bits per heavy atom.